The number of hydrogen-bond donors (Lipinski definition) is 1. The SMILES string of the molecule is CN(CC1CCCC(C)(C)C1N)c1ccccc1F. The third-order valence-electron chi connectivity index (χ3n) is 4.58. The first-order valence-electron chi connectivity index (χ1n) is 7.13. The summed E-state index contributed by atoms with van der Waals surface area (Å²) in [5.74, 6) is 0.280. The molecule has 2 unspecified atom stereocenters. The number of nitrogens with two attached hydrogens (primary N) is 1. The maximum absolute atomic E-state index is 13.8. The Morgan fingerprint density at radius 1 is 1.37 bits per heavy atom. The van der Waals surface area contributed by atoms with E-state index in [4.69, 9.17) is 5.73 Å². The summed E-state index contributed by atoms with van der Waals surface area (Å²) in [5, 5.41) is 0. The molecule has 0 amide bonds. The van der Waals surface area contributed by atoms with Gasteiger partial charge in [-0.2, -0.15) is 0 Å². The van der Waals surface area contributed by atoms with E-state index < -0.39 is 0 Å². The lowest BCUT2D eigenvalue weighted by molar-refractivity contribution is 0.142. The van der Waals surface area contributed by atoms with Crippen LogP contribution in [0.2, 0.25) is 0 Å². The zero-order chi connectivity index (χ0) is 14.0. The smallest absolute Gasteiger partial charge is 0.146 e. The van der Waals surface area contributed by atoms with Gasteiger partial charge >= 0.3 is 0 Å². The average Bonchev–Trinajstić information content (AvgIpc) is 2.35. The number of para-hydroxylation sites is 1. The Labute approximate surface area is 115 Å². The second kappa shape index (κ2) is 5.49. The van der Waals surface area contributed by atoms with Crippen molar-refractivity contribution in [3.05, 3.63) is 30.1 Å². The van der Waals surface area contributed by atoms with Gasteiger partial charge in [-0.1, -0.05) is 32.4 Å². The lowest BCUT2D eigenvalue weighted by atomic mass is 9.68. The molecular weight excluding hydrogens is 239 g/mol. The van der Waals surface area contributed by atoms with Crippen LogP contribution < -0.4 is 10.6 Å². The average molecular weight is 264 g/mol. The molecule has 106 valence electrons. The van der Waals surface area contributed by atoms with Gasteiger partial charge < -0.3 is 10.6 Å². The van der Waals surface area contributed by atoms with E-state index in [9.17, 15) is 4.39 Å². The molecule has 0 aromatic heterocycles. The second-order valence-corrected chi connectivity index (χ2v) is 6.50. The topological polar surface area (TPSA) is 29.3 Å². The first-order chi connectivity index (χ1) is 8.92. The van der Waals surface area contributed by atoms with E-state index >= 15 is 0 Å². The van der Waals surface area contributed by atoms with Gasteiger partial charge in [-0.15, -0.1) is 0 Å². The van der Waals surface area contributed by atoms with Gasteiger partial charge in [0.2, 0.25) is 0 Å². The molecule has 1 fully saturated rings. The Morgan fingerprint density at radius 3 is 2.74 bits per heavy atom. The van der Waals surface area contributed by atoms with Crippen molar-refractivity contribution in [2.75, 3.05) is 18.5 Å². The molecule has 0 heterocycles. The summed E-state index contributed by atoms with van der Waals surface area (Å²) >= 11 is 0. The van der Waals surface area contributed by atoms with Gasteiger partial charge in [0, 0.05) is 19.6 Å². The summed E-state index contributed by atoms with van der Waals surface area (Å²) in [6.07, 6.45) is 3.55. The summed E-state index contributed by atoms with van der Waals surface area (Å²) in [7, 11) is 1.95. The number of hydrogen-bond acceptors (Lipinski definition) is 2. The largest absolute Gasteiger partial charge is 0.372 e. The molecule has 1 aromatic carbocycles. The van der Waals surface area contributed by atoms with Crippen molar-refractivity contribution < 1.29 is 4.39 Å². The van der Waals surface area contributed by atoms with Crippen LogP contribution in [0, 0.1) is 17.2 Å². The van der Waals surface area contributed by atoms with Gasteiger partial charge in [0.15, 0.2) is 0 Å². The van der Waals surface area contributed by atoms with E-state index in [2.05, 4.69) is 13.8 Å². The maximum atomic E-state index is 13.8. The predicted octanol–water partition coefficient (Wildman–Crippen LogP) is 3.42. The van der Waals surface area contributed by atoms with Gasteiger partial charge in [0.25, 0.3) is 0 Å². The molecule has 2 rings (SSSR count). The van der Waals surface area contributed by atoms with Gasteiger partial charge in [-0.05, 0) is 36.3 Å². The summed E-state index contributed by atoms with van der Waals surface area (Å²) in [4.78, 5) is 2.00. The molecule has 1 aliphatic carbocycles. The van der Waals surface area contributed by atoms with Crippen molar-refractivity contribution in [1.82, 2.24) is 0 Å². The number of halogens is 1. The molecule has 0 bridgehead atoms. The zero-order valence-electron chi connectivity index (χ0n) is 12.2. The molecule has 2 N–H and O–H groups in total. The Kier molecular flexibility index (Phi) is 4.14. The van der Waals surface area contributed by atoms with Gasteiger partial charge in [0.05, 0.1) is 5.69 Å². The normalized spacial score (nSPS) is 26.2. The highest BCUT2D eigenvalue weighted by Gasteiger charge is 2.36. The minimum Gasteiger partial charge on any atom is -0.372 e. The number of anilines is 1. The zero-order valence-corrected chi connectivity index (χ0v) is 12.2. The van der Waals surface area contributed by atoms with E-state index in [-0.39, 0.29) is 17.3 Å². The molecule has 0 saturated heterocycles. The van der Waals surface area contributed by atoms with Crippen molar-refractivity contribution in [2.45, 2.75) is 39.2 Å². The van der Waals surface area contributed by atoms with Gasteiger partial charge in [-0.3, -0.25) is 0 Å². The summed E-state index contributed by atoms with van der Waals surface area (Å²) < 4.78 is 13.8. The molecule has 3 heteroatoms. The quantitative estimate of drug-likeness (QED) is 0.906. The fraction of sp³-hybridized carbons (Fsp3) is 0.625. The Morgan fingerprint density at radius 2 is 2.05 bits per heavy atom. The molecule has 1 saturated carbocycles. The summed E-state index contributed by atoms with van der Waals surface area (Å²) in [5.41, 5.74) is 7.26. The van der Waals surface area contributed by atoms with E-state index in [1.54, 1.807) is 6.07 Å². The van der Waals surface area contributed by atoms with E-state index in [1.165, 1.54) is 18.9 Å². The van der Waals surface area contributed by atoms with Crippen LogP contribution in [0.15, 0.2) is 24.3 Å². The molecule has 2 atom stereocenters. The summed E-state index contributed by atoms with van der Waals surface area (Å²) in [6.45, 7) is 5.31. The standard InChI is InChI=1S/C16H25FN2/c1-16(2)10-6-7-12(15(16)18)11-19(3)14-9-5-4-8-13(14)17/h4-5,8-9,12,15H,6-7,10-11,18H2,1-3H3. The van der Waals surface area contributed by atoms with Gasteiger partial charge in [-0.25, -0.2) is 4.39 Å². The van der Waals surface area contributed by atoms with Crippen LogP contribution in [-0.2, 0) is 0 Å². The van der Waals surface area contributed by atoms with E-state index in [0.717, 1.165) is 13.0 Å². The second-order valence-electron chi connectivity index (χ2n) is 6.50. The van der Waals surface area contributed by atoms with Crippen molar-refractivity contribution in [3.63, 3.8) is 0 Å². The minimum atomic E-state index is -0.159. The Bertz CT molecular complexity index is 431. The lowest BCUT2D eigenvalue weighted by Crippen LogP contribution is -2.49. The molecule has 1 aromatic rings. The molecule has 0 spiro atoms. The van der Waals surface area contributed by atoms with Crippen LogP contribution in [0.5, 0.6) is 0 Å². The Hall–Kier alpha value is -1.09. The highest BCUT2D eigenvalue weighted by Crippen LogP contribution is 2.38. The van der Waals surface area contributed by atoms with Crippen LogP contribution >= 0.6 is 0 Å². The molecular formula is C16H25FN2. The van der Waals surface area contributed by atoms with Crippen LogP contribution in [-0.4, -0.2) is 19.6 Å². The fourth-order valence-corrected chi connectivity index (χ4v) is 3.22. The molecule has 1 aliphatic rings. The molecule has 0 radical (unpaired) electrons. The number of rotatable bonds is 3. The molecule has 19 heavy (non-hydrogen) atoms. The van der Waals surface area contributed by atoms with Crippen molar-refractivity contribution in [2.24, 2.45) is 17.1 Å². The monoisotopic (exact) mass is 264 g/mol. The number of benzene rings is 1. The first kappa shape index (κ1) is 14.3. The third kappa shape index (κ3) is 3.08. The lowest BCUT2D eigenvalue weighted by Gasteiger charge is -2.43. The predicted molar refractivity (Wildman–Crippen MR) is 78.8 cm³/mol. The van der Waals surface area contributed by atoms with Crippen LogP contribution in [0.25, 0.3) is 0 Å². The Balaban J connectivity index is 2.07. The van der Waals surface area contributed by atoms with E-state index in [0.29, 0.717) is 11.6 Å². The van der Waals surface area contributed by atoms with Crippen molar-refractivity contribution >= 4 is 5.69 Å². The van der Waals surface area contributed by atoms with Crippen LogP contribution in [0.3, 0.4) is 0 Å². The van der Waals surface area contributed by atoms with Crippen LogP contribution in [0.1, 0.15) is 33.1 Å². The van der Waals surface area contributed by atoms with Crippen molar-refractivity contribution in [3.8, 4) is 0 Å². The van der Waals surface area contributed by atoms with E-state index in [1.807, 2.05) is 24.1 Å². The van der Waals surface area contributed by atoms with Crippen molar-refractivity contribution in [1.29, 1.82) is 0 Å². The summed E-state index contributed by atoms with van der Waals surface area (Å²) in [6, 6.07) is 7.13. The molecule has 0 aliphatic heterocycles. The fourth-order valence-electron chi connectivity index (χ4n) is 3.22. The minimum absolute atomic E-state index is 0.159. The third-order valence-corrected chi connectivity index (χ3v) is 4.58. The van der Waals surface area contributed by atoms with Crippen LogP contribution in [0.4, 0.5) is 10.1 Å². The highest BCUT2D eigenvalue weighted by atomic mass is 19.1. The van der Waals surface area contributed by atoms with Gasteiger partial charge in [0.1, 0.15) is 5.82 Å². The first-order valence-corrected chi connectivity index (χ1v) is 7.13. The maximum Gasteiger partial charge on any atom is 0.146 e. The molecule has 2 nitrogen and oxygen atoms in total. The highest BCUT2D eigenvalue weighted by molar-refractivity contribution is 5.46. The number of nitrogens with zero attached hydrogens (tertiary/aromatic N) is 1.